The molecule has 0 fully saturated rings. The summed E-state index contributed by atoms with van der Waals surface area (Å²) in [7, 11) is 1.17. The van der Waals surface area contributed by atoms with Gasteiger partial charge in [-0.15, -0.1) is 0 Å². The van der Waals surface area contributed by atoms with Gasteiger partial charge in [0.05, 0.1) is 12.7 Å². The number of halogens is 4. The van der Waals surface area contributed by atoms with Gasteiger partial charge >= 0.3 is 12.1 Å². The van der Waals surface area contributed by atoms with Crippen LogP contribution in [0.3, 0.4) is 0 Å². The van der Waals surface area contributed by atoms with Gasteiger partial charge in [0.25, 0.3) is 5.91 Å². The molecule has 0 aliphatic heterocycles. The van der Waals surface area contributed by atoms with Gasteiger partial charge in [-0.25, -0.2) is 4.79 Å². The Morgan fingerprint density at radius 1 is 1.18 bits per heavy atom. The molecule has 2 aromatic rings. The smallest absolute Gasteiger partial charge is 0.416 e. The summed E-state index contributed by atoms with van der Waals surface area (Å²) >= 11 is 2.11. The zero-order chi connectivity index (χ0) is 20.9. The fraction of sp³-hybridized carbons (Fsp3) is 0.263. The molecular formula is C19H17F3INO4. The molecule has 0 bridgehead atoms. The highest BCUT2D eigenvalue weighted by atomic mass is 127. The molecule has 0 saturated heterocycles. The SMILES string of the molecule is COC(=O)[C@H](Cc1cccc(I)c1)NC(=O)[C@@H](O)c1ccc(C(F)(F)F)cc1. The normalized spacial score (nSPS) is 13.5. The minimum absolute atomic E-state index is 0.0247. The van der Waals surface area contributed by atoms with Crippen LogP contribution in [0.15, 0.2) is 48.5 Å². The first-order valence-corrected chi connectivity index (χ1v) is 9.17. The Labute approximate surface area is 173 Å². The van der Waals surface area contributed by atoms with Gasteiger partial charge in [-0.1, -0.05) is 24.3 Å². The van der Waals surface area contributed by atoms with Gasteiger partial charge in [0.1, 0.15) is 6.04 Å². The van der Waals surface area contributed by atoms with Crippen molar-refractivity contribution in [1.29, 1.82) is 0 Å². The molecule has 9 heteroatoms. The third-order valence-electron chi connectivity index (χ3n) is 3.93. The van der Waals surface area contributed by atoms with Crippen LogP contribution in [0.25, 0.3) is 0 Å². The van der Waals surface area contributed by atoms with E-state index in [1.165, 1.54) is 7.11 Å². The maximum Gasteiger partial charge on any atom is 0.416 e. The maximum absolute atomic E-state index is 12.6. The van der Waals surface area contributed by atoms with Gasteiger partial charge in [-0.2, -0.15) is 13.2 Å². The second-order valence-corrected chi connectivity index (χ2v) is 7.19. The van der Waals surface area contributed by atoms with Crippen molar-refractivity contribution >= 4 is 34.5 Å². The van der Waals surface area contributed by atoms with Crippen LogP contribution >= 0.6 is 22.6 Å². The molecule has 0 unspecified atom stereocenters. The molecule has 2 N–H and O–H groups in total. The molecule has 5 nitrogen and oxygen atoms in total. The molecule has 2 aromatic carbocycles. The first-order chi connectivity index (χ1) is 13.1. The van der Waals surface area contributed by atoms with Crippen LogP contribution in [0, 0.1) is 3.57 Å². The highest BCUT2D eigenvalue weighted by Crippen LogP contribution is 2.30. The Hall–Kier alpha value is -2.14. The largest absolute Gasteiger partial charge is 0.467 e. The first-order valence-electron chi connectivity index (χ1n) is 8.09. The number of alkyl halides is 3. The zero-order valence-electron chi connectivity index (χ0n) is 14.7. The summed E-state index contributed by atoms with van der Waals surface area (Å²) in [6.07, 6.45) is -6.12. The van der Waals surface area contributed by atoms with E-state index >= 15 is 0 Å². The second kappa shape index (κ2) is 9.37. The predicted octanol–water partition coefficient (Wildman–Crippen LogP) is 3.24. The van der Waals surface area contributed by atoms with E-state index in [1.54, 1.807) is 12.1 Å². The maximum atomic E-state index is 12.6. The quantitative estimate of drug-likeness (QED) is 0.465. The number of aliphatic hydroxyl groups excluding tert-OH is 1. The Morgan fingerprint density at radius 2 is 1.82 bits per heavy atom. The van der Waals surface area contributed by atoms with Crippen molar-refractivity contribution in [2.45, 2.75) is 24.7 Å². The number of esters is 1. The summed E-state index contributed by atoms with van der Waals surface area (Å²) in [5.74, 6) is -1.62. The summed E-state index contributed by atoms with van der Waals surface area (Å²) in [6, 6.07) is 9.78. The number of aliphatic hydroxyl groups is 1. The van der Waals surface area contributed by atoms with Gasteiger partial charge in [-0.05, 0) is 58.0 Å². The van der Waals surface area contributed by atoms with Gasteiger partial charge in [-0.3, -0.25) is 4.79 Å². The Kier molecular flexibility index (Phi) is 7.41. The summed E-state index contributed by atoms with van der Waals surface area (Å²) in [5.41, 5.74) is -0.148. The van der Waals surface area contributed by atoms with Crippen LogP contribution in [0.2, 0.25) is 0 Å². The lowest BCUT2D eigenvalue weighted by atomic mass is 10.0. The van der Waals surface area contributed by atoms with Crippen LogP contribution in [0.4, 0.5) is 13.2 Å². The van der Waals surface area contributed by atoms with Crippen LogP contribution in [-0.4, -0.2) is 30.1 Å². The molecule has 0 spiro atoms. The lowest BCUT2D eigenvalue weighted by Crippen LogP contribution is -2.45. The summed E-state index contributed by atoms with van der Waals surface area (Å²) in [4.78, 5) is 24.3. The number of hydrogen-bond donors (Lipinski definition) is 2. The molecule has 0 aliphatic rings. The van der Waals surface area contributed by atoms with E-state index in [0.717, 1.165) is 33.4 Å². The van der Waals surface area contributed by atoms with E-state index in [4.69, 9.17) is 4.74 Å². The van der Waals surface area contributed by atoms with Crippen molar-refractivity contribution in [2.75, 3.05) is 7.11 Å². The second-order valence-electron chi connectivity index (χ2n) is 5.94. The molecule has 0 heterocycles. The fourth-order valence-corrected chi connectivity index (χ4v) is 3.10. The molecule has 0 radical (unpaired) electrons. The third kappa shape index (κ3) is 5.93. The van der Waals surface area contributed by atoms with E-state index in [-0.39, 0.29) is 12.0 Å². The first kappa shape index (κ1) is 22.2. The number of benzene rings is 2. The molecule has 0 saturated carbocycles. The Balaban J connectivity index is 2.12. The Morgan fingerprint density at radius 3 is 2.36 bits per heavy atom. The highest BCUT2D eigenvalue weighted by Gasteiger charge is 2.31. The minimum atomic E-state index is -4.52. The summed E-state index contributed by atoms with van der Waals surface area (Å²) in [6.45, 7) is 0. The summed E-state index contributed by atoms with van der Waals surface area (Å²) < 4.78 is 43.5. The van der Waals surface area contributed by atoms with E-state index in [9.17, 15) is 27.9 Å². The van der Waals surface area contributed by atoms with Crippen LogP contribution < -0.4 is 5.32 Å². The monoisotopic (exact) mass is 507 g/mol. The van der Waals surface area contributed by atoms with Gasteiger partial charge < -0.3 is 15.2 Å². The van der Waals surface area contributed by atoms with Crippen molar-refractivity contribution in [2.24, 2.45) is 0 Å². The molecule has 150 valence electrons. The molecule has 2 rings (SSSR count). The summed E-state index contributed by atoms with van der Waals surface area (Å²) in [5, 5.41) is 12.5. The molecule has 1 amide bonds. The highest BCUT2D eigenvalue weighted by molar-refractivity contribution is 14.1. The van der Waals surface area contributed by atoms with E-state index in [1.807, 2.05) is 12.1 Å². The standard InChI is InChI=1S/C19H17F3INO4/c1-28-18(27)15(10-11-3-2-4-14(23)9-11)24-17(26)16(25)12-5-7-13(8-6-12)19(20,21)22/h2-9,15-16,25H,10H2,1H3,(H,24,26)/t15-,16-/m0/s1. The minimum Gasteiger partial charge on any atom is -0.467 e. The van der Waals surface area contributed by atoms with Crippen molar-refractivity contribution in [1.82, 2.24) is 5.32 Å². The third-order valence-corrected chi connectivity index (χ3v) is 4.60. The predicted molar refractivity (Wildman–Crippen MR) is 103 cm³/mol. The average molecular weight is 507 g/mol. The van der Waals surface area contributed by atoms with Gasteiger partial charge in [0.15, 0.2) is 6.10 Å². The number of rotatable bonds is 6. The lowest BCUT2D eigenvalue weighted by Gasteiger charge is -2.19. The topological polar surface area (TPSA) is 75.6 Å². The molecule has 0 aromatic heterocycles. The number of nitrogens with one attached hydrogen (secondary N) is 1. The average Bonchev–Trinajstić information content (AvgIpc) is 2.65. The number of carbonyl (C=O) groups is 2. The van der Waals surface area contributed by atoms with Crippen LogP contribution in [0.5, 0.6) is 0 Å². The van der Waals surface area contributed by atoms with Crippen LogP contribution in [-0.2, 0) is 26.9 Å². The number of ether oxygens (including phenoxy) is 1. The molecular weight excluding hydrogens is 490 g/mol. The van der Waals surface area contributed by atoms with Gasteiger partial charge in [0.2, 0.25) is 0 Å². The number of methoxy groups -OCH3 is 1. The zero-order valence-corrected chi connectivity index (χ0v) is 16.8. The van der Waals surface area contributed by atoms with Crippen LogP contribution in [0.1, 0.15) is 22.8 Å². The number of carbonyl (C=O) groups excluding carboxylic acids is 2. The van der Waals surface area contributed by atoms with E-state index < -0.39 is 35.8 Å². The van der Waals surface area contributed by atoms with E-state index in [0.29, 0.717) is 0 Å². The Bertz CT molecular complexity index is 840. The van der Waals surface area contributed by atoms with Gasteiger partial charge in [0, 0.05) is 9.99 Å². The molecule has 0 aliphatic carbocycles. The van der Waals surface area contributed by atoms with Crippen molar-refractivity contribution in [3.05, 3.63) is 68.8 Å². The lowest BCUT2D eigenvalue weighted by molar-refractivity contribution is -0.146. The van der Waals surface area contributed by atoms with E-state index in [2.05, 4.69) is 27.9 Å². The van der Waals surface area contributed by atoms with Crippen molar-refractivity contribution in [3.8, 4) is 0 Å². The fourth-order valence-electron chi connectivity index (χ4n) is 2.49. The molecule has 2 atom stereocenters. The number of hydrogen-bond acceptors (Lipinski definition) is 4. The van der Waals surface area contributed by atoms with Crippen molar-refractivity contribution < 1.29 is 32.6 Å². The molecule has 28 heavy (non-hydrogen) atoms. The van der Waals surface area contributed by atoms with Crippen molar-refractivity contribution in [3.63, 3.8) is 0 Å². The number of amides is 1.